The third kappa shape index (κ3) is 4.72. The molecule has 0 fully saturated rings. The lowest BCUT2D eigenvalue weighted by Crippen LogP contribution is -2.02. The molecule has 2 aromatic rings. The van der Waals surface area contributed by atoms with Gasteiger partial charge in [-0.2, -0.15) is 0 Å². The Morgan fingerprint density at radius 1 is 1.11 bits per heavy atom. The zero-order valence-corrected chi connectivity index (χ0v) is 11.3. The molecule has 1 aromatic heterocycles. The van der Waals surface area contributed by atoms with E-state index in [2.05, 4.69) is 29.4 Å². The number of anilines is 1. The summed E-state index contributed by atoms with van der Waals surface area (Å²) in [6.07, 6.45) is 2.93. The number of hydrogen-bond donors (Lipinski definition) is 1. The summed E-state index contributed by atoms with van der Waals surface area (Å²) in [5.74, 6) is 0. The highest BCUT2D eigenvalue weighted by atomic mass is 16.5. The van der Waals surface area contributed by atoms with Crippen LogP contribution in [0.4, 0.5) is 5.69 Å². The van der Waals surface area contributed by atoms with Gasteiger partial charge in [0.05, 0.1) is 18.9 Å². The van der Waals surface area contributed by atoms with E-state index in [1.807, 2.05) is 36.5 Å². The van der Waals surface area contributed by atoms with Crippen LogP contribution in [0.1, 0.15) is 24.6 Å². The summed E-state index contributed by atoms with van der Waals surface area (Å²) in [6, 6.07) is 14.2. The van der Waals surface area contributed by atoms with Crippen molar-refractivity contribution >= 4 is 5.69 Å². The maximum absolute atomic E-state index is 5.67. The third-order valence-electron chi connectivity index (χ3n) is 2.76. The molecule has 0 aliphatic heterocycles. The van der Waals surface area contributed by atoms with Crippen LogP contribution in [0.15, 0.2) is 48.7 Å². The molecule has 0 atom stereocenters. The van der Waals surface area contributed by atoms with Crippen LogP contribution < -0.4 is 5.32 Å². The van der Waals surface area contributed by atoms with Crippen molar-refractivity contribution in [1.29, 1.82) is 0 Å². The van der Waals surface area contributed by atoms with Crippen molar-refractivity contribution in [2.75, 3.05) is 11.9 Å². The van der Waals surface area contributed by atoms with Crippen molar-refractivity contribution in [3.63, 3.8) is 0 Å². The molecule has 3 nitrogen and oxygen atoms in total. The van der Waals surface area contributed by atoms with Gasteiger partial charge in [0.2, 0.25) is 0 Å². The van der Waals surface area contributed by atoms with Crippen molar-refractivity contribution in [1.82, 2.24) is 4.98 Å². The van der Waals surface area contributed by atoms with Crippen LogP contribution in [0, 0.1) is 0 Å². The lowest BCUT2D eigenvalue weighted by molar-refractivity contribution is 0.104. The Balaban J connectivity index is 1.82. The van der Waals surface area contributed by atoms with E-state index in [-0.39, 0.29) is 0 Å². The largest absolute Gasteiger partial charge is 0.385 e. The molecular formula is C16H20N2O. The number of benzene rings is 1. The predicted octanol–water partition coefficient (Wildman–Crippen LogP) is 3.62. The number of nitrogens with zero attached hydrogens (tertiary/aromatic N) is 1. The summed E-state index contributed by atoms with van der Waals surface area (Å²) in [5.41, 5.74) is 3.25. The van der Waals surface area contributed by atoms with Crippen molar-refractivity contribution in [2.24, 2.45) is 0 Å². The van der Waals surface area contributed by atoms with E-state index < -0.39 is 0 Å². The summed E-state index contributed by atoms with van der Waals surface area (Å²) >= 11 is 0. The van der Waals surface area contributed by atoms with E-state index in [0.717, 1.165) is 24.3 Å². The minimum atomic E-state index is 0.538. The second-order valence-electron chi connectivity index (χ2n) is 4.44. The molecule has 0 amide bonds. The van der Waals surface area contributed by atoms with Crippen molar-refractivity contribution in [3.8, 4) is 0 Å². The SMILES string of the molecule is CCCNc1ccnc(COCc2ccccc2)c1. The van der Waals surface area contributed by atoms with Crippen molar-refractivity contribution in [2.45, 2.75) is 26.6 Å². The van der Waals surface area contributed by atoms with Crippen LogP contribution in [-0.4, -0.2) is 11.5 Å². The minimum absolute atomic E-state index is 0.538. The van der Waals surface area contributed by atoms with Crippen molar-refractivity contribution < 1.29 is 4.74 Å². The van der Waals surface area contributed by atoms with Gasteiger partial charge in [0.25, 0.3) is 0 Å². The first-order valence-electron chi connectivity index (χ1n) is 6.69. The Morgan fingerprint density at radius 3 is 2.74 bits per heavy atom. The quantitative estimate of drug-likeness (QED) is 0.821. The Kier molecular flexibility index (Phi) is 5.38. The fourth-order valence-electron chi connectivity index (χ4n) is 1.78. The number of pyridine rings is 1. The van der Waals surface area contributed by atoms with Crippen LogP contribution >= 0.6 is 0 Å². The molecule has 0 saturated heterocycles. The molecule has 0 bridgehead atoms. The first kappa shape index (κ1) is 13.6. The molecule has 100 valence electrons. The topological polar surface area (TPSA) is 34.2 Å². The molecule has 19 heavy (non-hydrogen) atoms. The summed E-state index contributed by atoms with van der Waals surface area (Å²) in [4.78, 5) is 4.31. The summed E-state index contributed by atoms with van der Waals surface area (Å²) < 4.78 is 5.67. The minimum Gasteiger partial charge on any atom is -0.385 e. The van der Waals surface area contributed by atoms with Crippen molar-refractivity contribution in [3.05, 3.63) is 59.9 Å². The average molecular weight is 256 g/mol. The maximum atomic E-state index is 5.67. The van der Waals surface area contributed by atoms with E-state index in [1.54, 1.807) is 0 Å². The molecule has 0 spiro atoms. The summed E-state index contributed by atoms with van der Waals surface area (Å²) in [7, 11) is 0. The van der Waals surface area contributed by atoms with Gasteiger partial charge in [-0.25, -0.2) is 0 Å². The molecule has 0 unspecified atom stereocenters. The summed E-state index contributed by atoms with van der Waals surface area (Å²) in [6.45, 7) is 4.29. The van der Waals surface area contributed by atoms with E-state index in [1.165, 1.54) is 5.56 Å². The number of nitrogens with one attached hydrogen (secondary N) is 1. The smallest absolute Gasteiger partial charge is 0.0893 e. The van der Waals surface area contributed by atoms with E-state index in [4.69, 9.17) is 4.74 Å². The zero-order valence-electron chi connectivity index (χ0n) is 11.3. The van der Waals surface area contributed by atoms with E-state index >= 15 is 0 Å². The number of rotatable bonds is 7. The zero-order chi connectivity index (χ0) is 13.3. The number of hydrogen-bond acceptors (Lipinski definition) is 3. The molecule has 0 aliphatic carbocycles. The Bertz CT molecular complexity index is 485. The monoisotopic (exact) mass is 256 g/mol. The van der Waals surface area contributed by atoms with E-state index in [9.17, 15) is 0 Å². The fourth-order valence-corrected chi connectivity index (χ4v) is 1.78. The highest BCUT2D eigenvalue weighted by Gasteiger charge is 1.98. The second-order valence-corrected chi connectivity index (χ2v) is 4.44. The molecule has 1 heterocycles. The van der Waals surface area contributed by atoms with Crippen LogP contribution in [0.5, 0.6) is 0 Å². The van der Waals surface area contributed by atoms with Gasteiger partial charge < -0.3 is 10.1 Å². The van der Waals surface area contributed by atoms with Gasteiger partial charge in [0, 0.05) is 18.4 Å². The standard InChI is InChI=1S/C16H20N2O/c1-2-9-17-15-8-10-18-16(11-15)13-19-12-14-6-4-3-5-7-14/h3-8,10-11H,2,9,12-13H2,1H3,(H,17,18). The molecule has 0 saturated carbocycles. The molecule has 2 rings (SSSR count). The van der Waals surface area contributed by atoms with Crippen LogP contribution in [0.3, 0.4) is 0 Å². The molecule has 3 heteroatoms. The van der Waals surface area contributed by atoms with Gasteiger partial charge in [-0.05, 0) is 24.1 Å². The Hall–Kier alpha value is -1.87. The highest BCUT2D eigenvalue weighted by Crippen LogP contribution is 2.10. The highest BCUT2D eigenvalue weighted by molar-refractivity contribution is 5.42. The van der Waals surface area contributed by atoms with Crippen LogP contribution in [0.25, 0.3) is 0 Å². The fraction of sp³-hybridized carbons (Fsp3) is 0.312. The van der Waals surface area contributed by atoms with Gasteiger partial charge in [0.1, 0.15) is 0 Å². The lowest BCUT2D eigenvalue weighted by Gasteiger charge is -2.07. The van der Waals surface area contributed by atoms with Gasteiger partial charge in [-0.1, -0.05) is 37.3 Å². The van der Waals surface area contributed by atoms with Gasteiger partial charge in [0.15, 0.2) is 0 Å². The molecular weight excluding hydrogens is 236 g/mol. The first-order valence-corrected chi connectivity index (χ1v) is 6.69. The Labute approximate surface area is 114 Å². The normalized spacial score (nSPS) is 10.4. The van der Waals surface area contributed by atoms with E-state index in [0.29, 0.717) is 13.2 Å². The average Bonchev–Trinajstić information content (AvgIpc) is 2.47. The maximum Gasteiger partial charge on any atom is 0.0893 e. The van der Waals surface area contributed by atoms with Gasteiger partial charge in [-0.15, -0.1) is 0 Å². The number of ether oxygens (including phenoxy) is 1. The molecule has 0 aliphatic rings. The van der Waals surface area contributed by atoms with Crippen LogP contribution in [-0.2, 0) is 18.0 Å². The number of aromatic nitrogens is 1. The second kappa shape index (κ2) is 7.54. The summed E-state index contributed by atoms with van der Waals surface area (Å²) in [5, 5.41) is 3.35. The first-order chi connectivity index (χ1) is 9.38. The molecule has 1 aromatic carbocycles. The van der Waals surface area contributed by atoms with Gasteiger partial charge in [-0.3, -0.25) is 4.98 Å². The van der Waals surface area contributed by atoms with Crippen LogP contribution in [0.2, 0.25) is 0 Å². The molecule has 0 radical (unpaired) electrons. The lowest BCUT2D eigenvalue weighted by atomic mass is 10.2. The van der Waals surface area contributed by atoms with Gasteiger partial charge >= 0.3 is 0 Å². The Morgan fingerprint density at radius 2 is 1.95 bits per heavy atom. The predicted molar refractivity (Wildman–Crippen MR) is 78.0 cm³/mol. The molecule has 1 N–H and O–H groups in total. The third-order valence-corrected chi connectivity index (χ3v) is 2.76.